The number of rotatable bonds is 3. The third-order valence-electron chi connectivity index (χ3n) is 3.42. The second kappa shape index (κ2) is 4.63. The minimum Gasteiger partial charge on any atom is -0.349 e. The Bertz CT molecular complexity index is 595. The molecule has 1 aliphatic heterocycles. The summed E-state index contributed by atoms with van der Waals surface area (Å²) in [6, 6.07) is 6.49. The molecule has 1 aromatic rings. The van der Waals surface area contributed by atoms with Crippen molar-refractivity contribution in [2.45, 2.75) is 18.9 Å². The van der Waals surface area contributed by atoms with Crippen molar-refractivity contribution in [1.29, 1.82) is 0 Å². The van der Waals surface area contributed by atoms with Crippen LogP contribution in [-0.4, -0.2) is 42.4 Å². The van der Waals surface area contributed by atoms with Gasteiger partial charge in [0.25, 0.3) is 11.8 Å². The molecule has 0 bridgehead atoms. The molecule has 0 spiro atoms. The molecule has 20 heavy (non-hydrogen) atoms. The largest absolute Gasteiger partial charge is 0.349 e. The van der Waals surface area contributed by atoms with Gasteiger partial charge in [-0.1, -0.05) is 6.07 Å². The fourth-order valence-electron chi connectivity index (χ4n) is 2.16. The molecule has 1 saturated carbocycles. The van der Waals surface area contributed by atoms with E-state index in [0.717, 1.165) is 17.7 Å². The molecule has 0 radical (unpaired) electrons. The van der Waals surface area contributed by atoms with Gasteiger partial charge in [0, 0.05) is 18.7 Å². The van der Waals surface area contributed by atoms with Crippen molar-refractivity contribution >= 4 is 23.5 Å². The van der Waals surface area contributed by atoms with Gasteiger partial charge in [0.1, 0.15) is 6.54 Å². The van der Waals surface area contributed by atoms with Gasteiger partial charge in [-0.3, -0.25) is 9.59 Å². The lowest BCUT2D eigenvalue weighted by molar-refractivity contribution is -0.116. The van der Waals surface area contributed by atoms with Crippen LogP contribution in [0.15, 0.2) is 24.3 Å². The van der Waals surface area contributed by atoms with Gasteiger partial charge in [-0.15, -0.1) is 0 Å². The van der Waals surface area contributed by atoms with Gasteiger partial charge < -0.3 is 10.2 Å². The standard InChI is InChI=1S/C14H15N3O3/c1-16-8-12(18)17(14(16)20)11-4-2-3-9(7-11)13(19)15-10-5-6-10/h2-4,7,10H,5-6,8H2,1H3,(H,15,19). The predicted octanol–water partition coefficient (Wildman–Crippen LogP) is 0.977. The third kappa shape index (κ3) is 2.24. The van der Waals surface area contributed by atoms with Crippen LogP contribution in [0.3, 0.4) is 0 Å². The van der Waals surface area contributed by atoms with E-state index in [4.69, 9.17) is 0 Å². The van der Waals surface area contributed by atoms with Crippen molar-refractivity contribution in [3.63, 3.8) is 0 Å². The minimum absolute atomic E-state index is 0.0668. The van der Waals surface area contributed by atoms with Gasteiger partial charge in [0.2, 0.25) is 0 Å². The summed E-state index contributed by atoms with van der Waals surface area (Å²) >= 11 is 0. The molecule has 1 aromatic carbocycles. The van der Waals surface area contributed by atoms with Crippen LogP contribution in [0.4, 0.5) is 10.5 Å². The smallest absolute Gasteiger partial charge is 0.331 e. The second-order valence-electron chi connectivity index (χ2n) is 5.17. The van der Waals surface area contributed by atoms with Gasteiger partial charge >= 0.3 is 6.03 Å². The summed E-state index contributed by atoms with van der Waals surface area (Å²) in [5.74, 6) is -0.445. The highest BCUT2D eigenvalue weighted by Gasteiger charge is 2.35. The molecule has 6 nitrogen and oxygen atoms in total. The van der Waals surface area contributed by atoms with Crippen LogP contribution in [0.1, 0.15) is 23.2 Å². The van der Waals surface area contributed by atoms with E-state index in [1.807, 2.05) is 0 Å². The zero-order chi connectivity index (χ0) is 14.3. The van der Waals surface area contributed by atoms with Crippen molar-refractivity contribution < 1.29 is 14.4 Å². The molecule has 1 heterocycles. The highest BCUT2D eigenvalue weighted by Crippen LogP contribution is 2.23. The summed E-state index contributed by atoms with van der Waals surface area (Å²) in [5.41, 5.74) is 0.900. The van der Waals surface area contributed by atoms with Crippen molar-refractivity contribution in [2.75, 3.05) is 18.5 Å². The zero-order valence-corrected chi connectivity index (χ0v) is 11.1. The van der Waals surface area contributed by atoms with E-state index in [1.54, 1.807) is 31.3 Å². The molecule has 0 atom stereocenters. The number of amides is 4. The molecule has 2 aliphatic rings. The van der Waals surface area contributed by atoms with Crippen molar-refractivity contribution in [3.8, 4) is 0 Å². The molecule has 4 amide bonds. The van der Waals surface area contributed by atoms with Gasteiger partial charge in [-0.2, -0.15) is 0 Å². The Balaban J connectivity index is 1.85. The van der Waals surface area contributed by atoms with Crippen LogP contribution in [-0.2, 0) is 4.79 Å². The zero-order valence-electron chi connectivity index (χ0n) is 11.1. The first kappa shape index (κ1) is 12.7. The molecule has 6 heteroatoms. The maximum Gasteiger partial charge on any atom is 0.331 e. The fourth-order valence-corrected chi connectivity index (χ4v) is 2.16. The number of likely N-dealkylation sites (N-methyl/N-ethyl adjacent to an activating group) is 1. The summed E-state index contributed by atoms with van der Waals surface area (Å²) in [7, 11) is 1.57. The Labute approximate surface area is 116 Å². The third-order valence-corrected chi connectivity index (χ3v) is 3.42. The number of hydrogen-bond donors (Lipinski definition) is 1. The second-order valence-corrected chi connectivity index (χ2v) is 5.17. The number of carbonyl (C=O) groups is 3. The Kier molecular flexibility index (Phi) is 2.93. The van der Waals surface area contributed by atoms with E-state index < -0.39 is 0 Å². The monoisotopic (exact) mass is 273 g/mol. The van der Waals surface area contributed by atoms with Crippen molar-refractivity contribution in [2.24, 2.45) is 0 Å². The van der Waals surface area contributed by atoms with Crippen LogP contribution < -0.4 is 10.2 Å². The number of hydrogen-bond acceptors (Lipinski definition) is 3. The van der Waals surface area contributed by atoms with E-state index in [0.29, 0.717) is 11.3 Å². The highest BCUT2D eigenvalue weighted by molar-refractivity contribution is 6.20. The fraction of sp³-hybridized carbons (Fsp3) is 0.357. The number of carbonyl (C=O) groups excluding carboxylic acids is 3. The number of benzene rings is 1. The lowest BCUT2D eigenvalue weighted by Gasteiger charge is -2.15. The van der Waals surface area contributed by atoms with Crippen LogP contribution >= 0.6 is 0 Å². The Morgan fingerprint density at radius 2 is 2.05 bits per heavy atom. The lowest BCUT2D eigenvalue weighted by Crippen LogP contribution is -2.32. The molecule has 3 rings (SSSR count). The Morgan fingerprint density at radius 1 is 1.30 bits per heavy atom. The van der Waals surface area contributed by atoms with Crippen molar-refractivity contribution in [1.82, 2.24) is 10.2 Å². The number of urea groups is 1. The van der Waals surface area contributed by atoms with E-state index in [-0.39, 0.29) is 30.4 Å². The van der Waals surface area contributed by atoms with E-state index in [2.05, 4.69) is 5.32 Å². The number of nitrogens with zero attached hydrogens (tertiary/aromatic N) is 2. The molecule has 1 aliphatic carbocycles. The first-order valence-corrected chi connectivity index (χ1v) is 6.55. The number of imide groups is 1. The first-order valence-electron chi connectivity index (χ1n) is 6.55. The summed E-state index contributed by atoms with van der Waals surface area (Å²) in [6.45, 7) is 0.0668. The van der Waals surface area contributed by atoms with Gasteiger partial charge in [0.05, 0.1) is 5.69 Å². The Morgan fingerprint density at radius 3 is 2.65 bits per heavy atom. The van der Waals surface area contributed by atoms with E-state index >= 15 is 0 Å². The van der Waals surface area contributed by atoms with Crippen molar-refractivity contribution in [3.05, 3.63) is 29.8 Å². The highest BCUT2D eigenvalue weighted by atomic mass is 16.2. The minimum atomic E-state index is -0.366. The maximum absolute atomic E-state index is 12.0. The van der Waals surface area contributed by atoms with Gasteiger partial charge in [-0.25, -0.2) is 9.69 Å². The summed E-state index contributed by atoms with van der Waals surface area (Å²) in [4.78, 5) is 38.2. The molecule has 1 N–H and O–H groups in total. The average Bonchev–Trinajstić information content (AvgIpc) is 3.18. The average molecular weight is 273 g/mol. The lowest BCUT2D eigenvalue weighted by atomic mass is 10.1. The summed E-state index contributed by atoms with van der Waals surface area (Å²) in [6.07, 6.45) is 2.03. The Hall–Kier alpha value is -2.37. The topological polar surface area (TPSA) is 69.7 Å². The molecule has 1 saturated heterocycles. The van der Waals surface area contributed by atoms with Crippen LogP contribution in [0.2, 0.25) is 0 Å². The van der Waals surface area contributed by atoms with Crippen LogP contribution in [0.5, 0.6) is 0 Å². The SMILES string of the molecule is CN1CC(=O)N(c2cccc(C(=O)NC3CC3)c2)C1=O. The van der Waals surface area contributed by atoms with Gasteiger partial charge in [-0.05, 0) is 31.0 Å². The van der Waals surface area contributed by atoms with E-state index in [9.17, 15) is 14.4 Å². The summed E-state index contributed by atoms with van der Waals surface area (Å²) < 4.78 is 0. The molecule has 104 valence electrons. The molecular formula is C14H15N3O3. The summed E-state index contributed by atoms with van der Waals surface area (Å²) in [5, 5.41) is 2.88. The molecule has 0 aromatic heterocycles. The number of nitrogens with one attached hydrogen (secondary N) is 1. The normalized spacial score (nSPS) is 18.6. The molecule has 2 fully saturated rings. The van der Waals surface area contributed by atoms with Crippen LogP contribution in [0, 0.1) is 0 Å². The van der Waals surface area contributed by atoms with Gasteiger partial charge in [0.15, 0.2) is 0 Å². The molecular weight excluding hydrogens is 258 g/mol. The number of anilines is 1. The molecule has 0 unspecified atom stereocenters. The quantitative estimate of drug-likeness (QED) is 0.834. The first-order chi connectivity index (χ1) is 9.56. The maximum atomic E-state index is 12.0. The van der Waals surface area contributed by atoms with E-state index in [1.165, 1.54) is 4.90 Å². The van der Waals surface area contributed by atoms with Crippen LogP contribution in [0.25, 0.3) is 0 Å². The predicted molar refractivity (Wildman–Crippen MR) is 72.4 cm³/mol.